The minimum Gasteiger partial charge on any atom is -0.465 e. The Hall–Kier alpha value is -0.690. The zero-order valence-electron chi connectivity index (χ0n) is 16.0. The zero-order valence-corrected chi connectivity index (χ0v) is 16.0. The van der Waals surface area contributed by atoms with Crippen LogP contribution in [0.4, 0.5) is 0 Å². The third kappa shape index (κ3) is 4.10. The zero-order chi connectivity index (χ0) is 18.2. The van der Waals surface area contributed by atoms with Crippen LogP contribution in [0.15, 0.2) is 0 Å². The number of aliphatic hydroxyl groups excluding tert-OH is 1. The predicted molar refractivity (Wildman–Crippen MR) is 90.6 cm³/mol. The minimum atomic E-state index is -0.616. The first-order valence-electron chi connectivity index (χ1n) is 8.74. The summed E-state index contributed by atoms with van der Waals surface area (Å²) in [6.45, 7) is 14.2. The molecule has 0 aliphatic carbocycles. The van der Waals surface area contributed by atoms with E-state index in [4.69, 9.17) is 14.2 Å². The number of carbonyl (C=O) groups excluding carboxylic acids is 1. The van der Waals surface area contributed by atoms with Crippen LogP contribution in [0, 0.1) is 5.41 Å². The molecule has 2 rings (SSSR count). The number of piperidine rings is 1. The molecular formula is C18H33NO5. The quantitative estimate of drug-likeness (QED) is 0.787. The molecule has 2 fully saturated rings. The summed E-state index contributed by atoms with van der Waals surface area (Å²) in [6, 6.07) is 0. The van der Waals surface area contributed by atoms with Crippen molar-refractivity contribution in [1.29, 1.82) is 0 Å². The SMILES string of the molecule is CC(=O)OCC1(C)COC2(CC(C)(C)N(CCO)C(C)(C)C2)OC1. The van der Waals surface area contributed by atoms with E-state index in [1.807, 2.05) is 6.92 Å². The van der Waals surface area contributed by atoms with Crippen LogP contribution >= 0.6 is 0 Å². The summed E-state index contributed by atoms with van der Waals surface area (Å²) in [5.41, 5.74) is -0.602. The maximum atomic E-state index is 11.1. The molecule has 0 saturated carbocycles. The summed E-state index contributed by atoms with van der Waals surface area (Å²) in [7, 11) is 0. The van der Waals surface area contributed by atoms with Gasteiger partial charge < -0.3 is 19.3 Å². The van der Waals surface area contributed by atoms with E-state index in [1.54, 1.807) is 0 Å². The molecule has 0 aromatic carbocycles. The predicted octanol–water partition coefficient (Wildman–Crippen LogP) is 1.94. The molecule has 24 heavy (non-hydrogen) atoms. The number of carbonyl (C=O) groups is 1. The molecule has 0 amide bonds. The number of hydrogen-bond acceptors (Lipinski definition) is 6. The molecule has 0 radical (unpaired) electrons. The second-order valence-electron chi connectivity index (χ2n) is 8.93. The van der Waals surface area contributed by atoms with Gasteiger partial charge in [-0.1, -0.05) is 6.92 Å². The van der Waals surface area contributed by atoms with Gasteiger partial charge in [-0.2, -0.15) is 0 Å². The van der Waals surface area contributed by atoms with Crippen LogP contribution in [-0.4, -0.2) is 65.8 Å². The lowest BCUT2D eigenvalue weighted by Gasteiger charge is -2.60. The Morgan fingerprint density at radius 1 is 1.08 bits per heavy atom. The van der Waals surface area contributed by atoms with Gasteiger partial charge in [0.2, 0.25) is 0 Å². The van der Waals surface area contributed by atoms with Crippen molar-refractivity contribution >= 4 is 5.97 Å². The van der Waals surface area contributed by atoms with E-state index in [0.717, 1.165) is 12.8 Å². The molecule has 1 spiro atoms. The van der Waals surface area contributed by atoms with Gasteiger partial charge in [0, 0.05) is 42.8 Å². The Kier molecular flexibility index (Phi) is 5.36. The molecule has 0 aromatic heterocycles. The molecule has 140 valence electrons. The van der Waals surface area contributed by atoms with Crippen LogP contribution in [-0.2, 0) is 19.0 Å². The first-order chi connectivity index (χ1) is 10.9. The molecular weight excluding hydrogens is 310 g/mol. The van der Waals surface area contributed by atoms with Crippen molar-refractivity contribution < 1.29 is 24.1 Å². The second-order valence-corrected chi connectivity index (χ2v) is 8.93. The largest absolute Gasteiger partial charge is 0.465 e. The van der Waals surface area contributed by atoms with Gasteiger partial charge >= 0.3 is 5.97 Å². The van der Waals surface area contributed by atoms with Gasteiger partial charge in [0.1, 0.15) is 6.61 Å². The maximum absolute atomic E-state index is 11.1. The first kappa shape index (κ1) is 19.6. The normalized spacial score (nSPS) is 27.8. The van der Waals surface area contributed by atoms with Crippen LogP contribution < -0.4 is 0 Å². The molecule has 2 aliphatic rings. The van der Waals surface area contributed by atoms with Gasteiger partial charge in [-0.15, -0.1) is 0 Å². The summed E-state index contributed by atoms with van der Waals surface area (Å²) < 4.78 is 17.7. The molecule has 0 aromatic rings. The highest BCUT2D eigenvalue weighted by Crippen LogP contribution is 2.48. The van der Waals surface area contributed by atoms with Crippen molar-refractivity contribution in [2.75, 3.05) is 33.0 Å². The van der Waals surface area contributed by atoms with Gasteiger partial charge in [0.15, 0.2) is 5.79 Å². The number of β-amino-alcohol motifs (C(OH)–C–C–N with tert-alkyl or cyclic N) is 1. The summed E-state index contributed by atoms with van der Waals surface area (Å²) in [5.74, 6) is -0.898. The summed E-state index contributed by atoms with van der Waals surface area (Å²) in [6.07, 6.45) is 1.49. The number of rotatable bonds is 4. The fourth-order valence-corrected chi connectivity index (χ4v) is 4.35. The Morgan fingerprint density at radius 3 is 2.00 bits per heavy atom. The lowest BCUT2D eigenvalue weighted by Crippen LogP contribution is -2.68. The van der Waals surface area contributed by atoms with Crippen LogP contribution in [0.5, 0.6) is 0 Å². The Morgan fingerprint density at radius 2 is 1.58 bits per heavy atom. The molecule has 2 heterocycles. The maximum Gasteiger partial charge on any atom is 0.302 e. The average Bonchev–Trinajstić information content (AvgIpc) is 2.44. The van der Waals surface area contributed by atoms with E-state index in [9.17, 15) is 9.90 Å². The first-order valence-corrected chi connectivity index (χ1v) is 8.74. The Balaban J connectivity index is 2.09. The van der Waals surface area contributed by atoms with E-state index >= 15 is 0 Å². The number of hydrogen-bond donors (Lipinski definition) is 1. The third-order valence-electron chi connectivity index (χ3n) is 5.18. The van der Waals surface area contributed by atoms with Crippen LogP contribution in [0.25, 0.3) is 0 Å². The van der Waals surface area contributed by atoms with Gasteiger partial charge in [-0.25, -0.2) is 0 Å². The number of esters is 1. The van der Waals surface area contributed by atoms with Crippen molar-refractivity contribution in [3.8, 4) is 0 Å². The summed E-state index contributed by atoms with van der Waals surface area (Å²) in [4.78, 5) is 13.4. The molecule has 6 heteroatoms. The van der Waals surface area contributed by atoms with Gasteiger partial charge in [-0.05, 0) is 27.7 Å². The van der Waals surface area contributed by atoms with E-state index in [-0.39, 0.29) is 29.1 Å². The fourth-order valence-electron chi connectivity index (χ4n) is 4.35. The molecule has 0 unspecified atom stereocenters. The third-order valence-corrected chi connectivity index (χ3v) is 5.18. The smallest absolute Gasteiger partial charge is 0.302 e. The van der Waals surface area contributed by atoms with Crippen molar-refractivity contribution in [3.05, 3.63) is 0 Å². The number of aliphatic hydroxyl groups is 1. The molecule has 2 saturated heterocycles. The minimum absolute atomic E-state index is 0.141. The molecule has 2 aliphatic heterocycles. The van der Waals surface area contributed by atoms with Gasteiger partial charge in [-0.3, -0.25) is 9.69 Å². The Labute approximate surface area is 145 Å². The molecule has 0 atom stereocenters. The highest BCUT2D eigenvalue weighted by atomic mass is 16.7. The molecule has 0 bridgehead atoms. The molecule has 1 N–H and O–H groups in total. The number of nitrogens with zero attached hydrogens (tertiary/aromatic N) is 1. The van der Waals surface area contributed by atoms with Crippen molar-refractivity contribution in [2.24, 2.45) is 5.41 Å². The van der Waals surface area contributed by atoms with Crippen LogP contribution in [0.1, 0.15) is 54.4 Å². The van der Waals surface area contributed by atoms with E-state index < -0.39 is 5.79 Å². The lowest BCUT2D eigenvalue weighted by molar-refractivity contribution is -0.343. The van der Waals surface area contributed by atoms with E-state index in [2.05, 4.69) is 32.6 Å². The molecule has 6 nitrogen and oxygen atoms in total. The Bertz CT molecular complexity index is 446. The lowest BCUT2D eigenvalue weighted by atomic mass is 9.75. The van der Waals surface area contributed by atoms with E-state index in [1.165, 1.54) is 6.92 Å². The number of ether oxygens (including phenoxy) is 3. The monoisotopic (exact) mass is 343 g/mol. The summed E-state index contributed by atoms with van der Waals surface area (Å²) in [5, 5.41) is 9.41. The van der Waals surface area contributed by atoms with Gasteiger partial charge in [0.25, 0.3) is 0 Å². The van der Waals surface area contributed by atoms with Crippen LogP contribution in [0.3, 0.4) is 0 Å². The second kappa shape index (κ2) is 6.56. The van der Waals surface area contributed by atoms with E-state index in [0.29, 0.717) is 26.4 Å². The highest BCUT2D eigenvalue weighted by Gasteiger charge is 2.56. The fraction of sp³-hybridized carbons (Fsp3) is 0.944. The summed E-state index contributed by atoms with van der Waals surface area (Å²) >= 11 is 0. The van der Waals surface area contributed by atoms with Crippen LogP contribution in [0.2, 0.25) is 0 Å². The topological polar surface area (TPSA) is 68.2 Å². The standard InChI is InChI=1S/C18H33NO5/c1-14(21)22-11-17(6)12-23-18(24-13-17)9-15(2,3)19(7-8-20)16(4,5)10-18/h20H,7-13H2,1-6H3. The average molecular weight is 343 g/mol. The number of likely N-dealkylation sites (tertiary alicyclic amines) is 1. The van der Waals surface area contributed by atoms with Crippen molar-refractivity contribution in [3.63, 3.8) is 0 Å². The van der Waals surface area contributed by atoms with Crippen molar-refractivity contribution in [2.45, 2.75) is 71.2 Å². The highest BCUT2D eigenvalue weighted by molar-refractivity contribution is 5.65. The van der Waals surface area contributed by atoms with Crippen molar-refractivity contribution in [1.82, 2.24) is 4.90 Å². The van der Waals surface area contributed by atoms with Gasteiger partial charge in [0.05, 0.1) is 19.8 Å².